The first-order chi connectivity index (χ1) is 14.4. The lowest BCUT2D eigenvalue weighted by Crippen LogP contribution is -2.22. The standard InChI is InChI=1S/C20H14F2N4O2S2/c1-11(27)23-19-24-13(9-29-19)10-30-20-25-16-5-3-2-4-14(16)18(28)26(20)17-7-6-12(21)8-15(17)22/h2-9H,10H2,1H3,(H,23,24,27). The Morgan fingerprint density at radius 1 is 1.20 bits per heavy atom. The van der Waals surface area contributed by atoms with Gasteiger partial charge in [0.15, 0.2) is 10.3 Å². The smallest absolute Gasteiger partial charge is 0.266 e. The monoisotopic (exact) mass is 444 g/mol. The molecule has 2 aromatic heterocycles. The topological polar surface area (TPSA) is 76.9 Å². The lowest BCUT2D eigenvalue weighted by molar-refractivity contribution is -0.114. The predicted molar refractivity (Wildman–Crippen MR) is 113 cm³/mol. The zero-order valence-electron chi connectivity index (χ0n) is 15.6. The number of carbonyl (C=O) groups is 1. The third kappa shape index (κ3) is 4.10. The van der Waals surface area contributed by atoms with Crippen molar-refractivity contribution in [3.8, 4) is 5.69 Å². The number of carbonyl (C=O) groups excluding carboxylic acids is 1. The fraction of sp³-hybridized carbons (Fsp3) is 0.100. The van der Waals surface area contributed by atoms with Gasteiger partial charge in [0.1, 0.15) is 11.6 Å². The number of rotatable bonds is 5. The molecule has 0 saturated heterocycles. The average Bonchev–Trinajstić information content (AvgIpc) is 3.14. The Kier molecular flexibility index (Phi) is 5.60. The molecule has 0 saturated carbocycles. The van der Waals surface area contributed by atoms with Crippen LogP contribution in [0.5, 0.6) is 0 Å². The molecule has 0 unspecified atom stereocenters. The fourth-order valence-electron chi connectivity index (χ4n) is 2.80. The summed E-state index contributed by atoms with van der Waals surface area (Å²) < 4.78 is 29.0. The molecule has 0 radical (unpaired) electrons. The van der Waals surface area contributed by atoms with Gasteiger partial charge in [-0.15, -0.1) is 11.3 Å². The maximum atomic E-state index is 14.5. The molecular weight excluding hydrogens is 430 g/mol. The van der Waals surface area contributed by atoms with Crippen molar-refractivity contribution in [3.63, 3.8) is 0 Å². The van der Waals surface area contributed by atoms with E-state index in [9.17, 15) is 18.4 Å². The van der Waals surface area contributed by atoms with Crippen LogP contribution in [0.4, 0.5) is 13.9 Å². The van der Waals surface area contributed by atoms with E-state index in [1.807, 2.05) is 0 Å². The van der Waals surface area contributed by atoms with Gasteiger partial charge in [-0.05, 0) is 24.3 Å². The zero-order valence-corrected chi connectivity index (χ0v) is 17.2. The number of nitrogens with zero attached hydrogens (tertiary/aromatic N) is 3. The van der Waals surface area contributed by atoms with Crippen molar-refractivity contribution in [3.05, 3.63) is 75.5 Å². The fourth-order valence-corrected chi connectivity index (χ4v) is 4.56. The van der Waals surface area contributed by atoms with Crippen LogP contribution in [0.2, 0.25) is 0 Å². The first-order valence-electron chi connectivity index (χ1n) is 8.74. The summed E-state index contributed by atoms with van der Waals surface area (Å²) in [6.07, 6.45) is 0. The van der Waals surface area contributed by atoms with Crippen LogP contribution in [0.15, 0.2) is 57.8 Å². The van der Waals surface area contributed by atoms with Gasteiger partial charge in [-0.1, -0.05) is 23.9 Å². The van der Waals surface area contributed by atoms with Gasteiger partial charge in [0.05, 0.1) is 22.3 Å². The summed E-state index contributed by atoms with van der Waals surface area (Å²) in [5, 5.41) is 5.43. The first kappa shape index (κ1) is 20.2. The Hall–Kier alpha value is -3.11. The summed E-state index contributed by atoms with van der Waals surface area (Å²) in [7, 11) is 0. The quantitative estimate of drug-likeness (QED) is 0.365. The molecule has 0 atom stereocenters. The normalized spacial score (nSPS) is 11.0. The van der Waals surface area contributed by atoms with Crippen molar-refractivity contribution < 1.29 is 13.6 Å². The number of benzene rings is 2. The second-order valence-corrected chi connectivity index (χ2v) is 8.06. The highest BCUT2D eigenvalue weighted by atomic mass is 32.2. The third-order valence-electron chi connectivity index (χ3n) is 4.08. The Morgan fingerprint density at radius 2 is 2.00 bits per heavy atom. The van der Waals surface area contributed by atoms with E-state index in [1.165, 1.54) is 36.1 Å². The van der Waals surface area contributed by atoms with Crippen LogP contribution in [0.3, 0.4) is 0 Å². The van der Waals surface area contributed by atoms with Crippen LogP contribution in [0.25, 0.3) is 16.6 Å². The Morgan fingerprint density at radius 3 is 2.77 bits per heavy atom. The van der Waals surface area contributed by atoms with E-state index in [1.54, 1.807) is 29.6 Å². The van der Waals surface area contributed by atoms with Crippen molar-refractivity contribution >= 4 is 45.0 Å². The van der Waals surface area contributed by atoms with Gasteiger partial charge in [-0.3, -0.25) is 14.2 Å². The molecular formula is C20H14F2N4O2S2. The van der Waals surface area contributed by atoms with Crippen molar-refractivity contribution in [2.75, 3.05) is 5.32 Å². The highest BCUT2D eigenvalue weighted by Gasteiger charge is 2.17. The van der Waals surface area contributed by atoms with Gasteiger partial charge in [0.25, 0.3) is 5.56 Å². The van der Waals surface area contributed by atoms with Crippen molar-refractivity contribution in [2.24, 2.45) is 0 Å². The summed E-state index contributed by atoms with van der Waals surface area (Å²) >= 11 is 2.47. The number of hydrogen-bond acceptors (Lipinski definition) is 6. The van der Waals surface area contributed by atoms with E-state index in [2.05, 4.69) is 15.3 Å². The molecule has 0 bridgehead atoms. The molecule has 1 N–H and O–H groups in total. The van der Waals surface area contributed by atoms with Gasteiger partial charge in [0, 0.05) is 24.1 Å². The van der Waals surface area contributed by atoms with Crippen LogP contribution in [0.1, 0.15) is 12.6 Å². The van der Waals surface area contributed by atoms with E-state index in [0.717, 1.165) is 16.7 Å². The molecule has 0 aliphatic rings. The number of fused-ring (bicyclic) bond motifs is 1. The van der Waals surface area contributed by atoms with E-state index < -0.39 is 17.2 Å². The SMILES string of the molecule is CC(=O)Nc1nc(CSc2nc3ccccc3c(=O)n2-c2ccc(F)cc2F)cs1. The summed E-state index contributed by atoms with van der Waals surface area (Å²) in [5.74, 6) is -1.48. The van der Waals surface area contributed by atoms with E-state index >= 15 is 0 Å². The van der Waals surface area contributed by atoms with Crippen molar-refractivity contribution in [1.29, 1.82) is 0 Å². The molecule has 4 rings (SSSR count). The second kappa shape index (κ2) is 8.33. The van der Waals surface area contributed by atoms with E-state index in [-0.39, 0.29) is 16.8 Å². The number of aromatic nitrogens is 3. The van der Waals surface area contributed by atoms with Crippen LogP contribution < -0.4 is 10.9 Å². The minimum Gasteiger partial charge on any atom is -0.302 e. The maximum Gasteiger partial charge on any atom is 0.266 e. The number of para-hydroxylation sites is 1. The minimum absolute atomic E-state index is 0.0839. The Bertz CT molecular complexity index is 1320. The molecule has 0 spiro atoms. The average molecular weight is 444 g/mol. The number of anilines is 1. The molecule has 0 aliphatic heterocycles. The maximum absolute atomic E-state index is 14.5. The van der Waals surface area contributed by atoms with Crippen molar-refractivity contribution in [2.45, 2.75) is 17.8 Å². The highest BCUT2D eigenvalue weighted by molar-refractivity contribution is 7.98. The third-order valence-corrected chi connectivity index (χ3v) is 5.86. The number of halogens is 2. The van der Waals surface area contributed by atoms with Gasteiger partial charge >= 0.3 is 0 Å². The summed E-state index contributed by atoms with van der Waals surface area (Å²) in [6.45, 7) is 1.39. The predicted octanol–water partition coefficient (Wildman–Crippen LogP) is 4.37. The summed E-state index contributed by atoms with van der Waals surface area (Å²) in [6, 6.07) is 9.79. The lowest BCUT2D eigenvalue weighted by Gasteiger charge is -2.13. The molecule has 30 heavy (non-hydrogen) atoms. The molecule has 1 amide bonds. The molecule has 152 valence electrons. The minimum atomic E-state index is -0.863. The van der Waals surface area contributed by atoms with Gasteiger partial charge in [-0.25, -0.2) is 18.7 Å². The number of amides is 1. The molecule has 0 fully saturated rings. The van der Waals surface area contributed by atoms with Crippen LogP contribution >= 0.6 is 23.1 Å². The molecule has 0 aliphatic carbocycles. The van der Waals surface area contributed by atoms with Crippen molar-refractivity contribution in [1.82, 2.24) is 14.5 Å². The van der Waals surface area contributed by atoms with Gasteiger partial charge < -0.3 is 5.32 Å². The second-order valence-electron chi connectivity index (χ2n) is 6.26. The lowest BCUT2D eigenvalue weighted by atomic mass is 10.2. The number of nitrogens with one attached hydrogen (secondary N) is 1. The van der Waals surface area contributed by atoms with E-state index in [0.29, 0.717) is 27.5 Å². The van der Waals surface area contributed by atoms with Gasteiger partial charge in [0.2, 0.25) is 5.91 Å². The number of hydrogen-bond donors (Lipinski definition) is 1. The summed E-state index contributed by atoms with van der Waals surface area (Å²) in [5.41, 5.74) is 0.605. The molecule has 4 aromatic rings. The molecule has 6 nitrogen and oxygen atoms in total. The van der Waals surface area contributed by atoms with Crippen LogP contribution in [-0.4, -0.2) is 20.4 Å². The van der Waals surface area contributed by atoms with Crippen LogP contribution in [-0.2, 0) is 10.5 Å². The van der Waals surface area contributed by atoms with E-state index in [4.69, 9.17) is 0 Å². The molecule has 2 aromatic carbocycles. The Labute approximate surface area is 177 Å². The summed E-state index contributed by atoms with van der Waals surface area (Å²) in [4.78, 5) is 33.1. The first-order valence-corrected chi connectivity index (χ1v) is 10.6. The zero-order chi connectivity index (χ0) is 21.3. The van der Waals surface area contributed by atoms with Crippen LogP contribution in [0, 0.1) is 11.6 Å². The molecule has 10 heteroatoms. The highest BCUT2D eigenvalue weighted by Crippen LogP contribution is 2.27. The largest absolute Gasteiger partial charge is 0.302 e. The Balaban J connectivity index is 1.77. The number of thioether (sulfide) groups is 1. The molecule has 2 heterocycles. The van der Waals surface area contributed by atoms with Gasteiger partial charge in [-0.2, -0.15) is 0 Å². The number of thiazole rings is 1.